The third-order valence-corrected chi connectivity index (χ3v) is 3.34. The van der Waals surface area contributed by atoms with E-state index in [1.807, 2.05) is 48.5 Å². The van der Waals surface area contributed by atoms with Crippen molar-refractivity contribution in [1.82, 2.24) is 0 Å². The molecule has 0 aromatic heterocycles. The minimum absolute atomic E-state index is 0.686. The highest BCUT2D eigenvalue weighted by Gasteiger charge is 1.96. The van der Waals surface area contributed by atoms with Gasteiger partial charge in [-0.2, -0.15) is 5.26 Å². The molecule has 0 aliphatic carbocycles. The second-order valence-corrected chi connectivity index (χ2v) is 4.85. The first-order valence-electron chi connectivity index (χ1n) is 6.82. The number of nitriles is 1. The first-order chi connectivity index (χ1) is 10.3. The number of hydrogen-bond acceptors (Lipinski definition) is 1. The Labute approximate surface area is 124 Å². The number of benzene rings is 3. The van der Waals surface area contributed by atoms with E-state index in [0.29, 0.717) is 5.56 Å². The van der Waals surface area contributed by atoms with Gasteiger partial charge < -0.3 is 0 Å². The van der Waals surface area contributed by atoms with Crippen molar-refractivity contribution in [2.24, 2.45) is 0 Å². The Morgan fingerprint density at radius 1 is 0.762 bits per heavy atom. The molecule has 0 aliphatic rings. The molecule has 1 nitrogen and oxygen atoms in total. The van der Waals surface area contributed by atoms with Crippen LogP contribution in [0.3, 0.4) is 0 Å². The zero-order chi connectivity index (χ0) is 14.5. The Kier molecular flexibility index (Phi) is 3.68. The van der Waals surface area contributed by atoms with Crippen molar-refractivity contribution in [3.63, 3.8) is 0 Å². The summed E-state index contributed by atoms with van der Waals surface area (Å²) >= 11 is 0. The van der Waals surface area contributed by atoms with Gasteiger partial charge in [-0.25, -0.2) is 0 Å². The summed E-state index contributed by atoms with van der Waals surface area (Å²) in [5.41, 5.74) is 2.91. The molecule has 21 heavy (non-hydrogen) atoms. The summed E-state index contributed by atoms with van der Waals surface area (Å²) in [6, 6.07) is 24.2. The summed E-state index contributed by atoms with van der Waals surface area (Å²) in [6.45, 7) is 0. The average molecular weight is 267 g/mol. The van der Waals surface area contributed by atoms with Crippen molar-refractivity contribution in [3.8, 4) is 17.9 Å². The van der Waals surface area contributed by atoms with Gasteiger partial charge in [-0.05, 0) is 40.6 Å². The summed E-state index contributed by atoms with van der Waals surface area (Å²) < 4.78 is 0. The Morgan fingerprint density at radius 2 is 1.43 bits per heavy atom. The van der Waals surface area contributed by atoms with Gasteiger partial charge in [0.1, 0.15) is 0 Å². The molecule has 0 spiro atoms. The molecule has 0 N–H and O–H groups in total. The molecule has 0 heterocycles. The number of fused-ring (bicyclic) bond motifs is 1. The van der Waals surface area contributed by atoms with Crippen molar-refractivity contribution in [2.45, 2.75) is 6.42 Å². The molecule has 3 aromatic carbocycles. The van der Waals surface area contributed by atoms with Crippen molar-refractivity contribution in [3.05, 3.63) is 83.4 Å². The highest BCUT2D eigenvalue weighted by Crippen LogP contribution is 2.17. The van der Waals surface area contributed by atoms with Crippen LogP contribution >= 0.6 is 0 Å². The largest absolute Gasteiger partial charge is 0.192 e. The Balaban J connectivity index is 1.84. The van der Waals surface area contributed by atoms with Crippen molar-refractivity contribution < 1.29 is 0 Å². The van der Waals surface area contributed by atoms with E-state index < -0.39 is 0 Å². The Morgan fingerprint density at radius 3 is 2.14 bits per heavy atom. The highest BCUT2D eigenvalue weighted by atomic mass is 14.2. The van der Waals surface area contributed by atoms with Crippen LogP contribution in [-0.2, 0) is 6.42 Å². The zero-order valence-electron chi connectivity index (χ0n) is 11.5. The van der Waals surface area contributed by atoms with Gasteiger partial charge in [0.15, 0.2) is 0 Å². The topological polar surface area (TPSA) is 23.8 Å². The Bertz CT molecular complexity index is 874. The minimum Gasteiger partial charge on any atom is -0.192 e. The van der Waals surface area contributed by atoms with Gasteiger partial charge in [-0.3, -0.25) is 0 Å². The third-order valence-electron chi connectivity index (χ3n) is 3.34. The lowest BCUT2D eigenvalue weighted by molar-refractivity contribution is 1.32. The summed E-state index contributed by atoms with van der Waals surface area (Å²) in [7, 11) is 0. The first-order valence-corrected chi connectivity index (χ1v) is 6.82. The number of rotatable bonds is 1. The predicted molar refractivity (Wildman–Crippen MR) is 85.7 cm³/mol. The predicted octanol–water partition coefficient (Wildman–Crippen LogP) is 4.31. The fraction of sp³-hybridized carbons (Fsp3) is 0.0500. The molecular weight excluding hydrogens is 254 g/mol. The van der Waals surface area contributed by atoms with Crippen LogP contribution in [0.2, 0.25) is 0 Å². The standard InChI is InChI=1S/C20H13N/c21-15-18-10-12-19-13-17(9-11-20(19)14-18)8-4-7-16-5-2-1-3-6-16/h1-3,5-6,9-14H,7H2. The van der Waals surface area contributed by atoms with E-state index in [-0.39, 0.29) is 0 Å². The highest BCUT2D eigenvalue weighted by molar-refractivity contribution is 5.85. The summed E-state index contributed by atoms with van der Waals surface area (Å²) in [6.07, 6.45) is 0.756. The van der Waals surface area contributed by atoms with Gasteiger partial charge in [0.2, 0.25) is 0 Å². The Hall–Kier alpha value is -3.03. The molecule has 3 aromatic rings. The van der Waals surface area contributed by atoms with E-state index in [9.17, 15) is 0 Å². The molecule has 0 radical (unpaired) electrons. The monoisotopic (exact) mass is 267 g/mol. The van der Waals surface area contributed by atoms with Crippen LogP contribution in [0.1, 0.15) is 16.7 Å². The van der Waals surface area contributed by atoms with E-state index in [1.165, 1.54) is 5.56 Å². The fourth-order valence-electron chi connectivity index (χ4n) is 2.24. The summed E-state index contributed by atoms with van der Waals surface area (Å²) in [5, 5.41) is 11.1. The maximum absolute atomic E-state index is 8.90. The molecule has 0 saturated carbocycles. The van der Waals surface area contributed by atoms with Crippen LogP contribution in [0, 0.1) is 23.2 Å². The molecule has 0 aliphatic heterocycles. The lowest BCUT2D eigenvalue weighted by atomic mass is 10.0. The van der Waals surface area contributed by atoms with Crippen LogP contribution in [0.5, 0.6) is 0 Å². The molecular formula is C20H13N. The number of nitrogens with zero attached hydrogens (tertiary/aromatic N) is 1. The van der Waals surface area contributed by atoms with Gasteiger partial charge in [0, 0.05) is 12.0 Å². The zero-order valence-corrected chi connectivity index (χ0v) is 11.5. The van der Waals surface area contributed by atoms with Gasteiger partial charge in [-0.15, -0.1) is 0 Å². The summed E-state index contributed by atoms with van der Waals surface area (Å²) in [5.74, 6) is 6.40. The van der Waals surface area contributed by atoms with Crippen molar-refractivity contribution in [1.29, 1.82) is 5.26 Å². The molecule has 0 unspecified atom stereocenters. The van der Waals surface area contributed by atoms with Crippen molar-refractivity contribution in [2.75, 3.05) is 0 Å². The van der Waals surface area contributed by atoms with Crippen LogP contribution in [0.15, 0.2) is 66.7 Å². The fourth-order valence-corrected chi connectivity index (χ4v) is 2.24. The lowest BCUT2D eigenvalue weighted by Gasteiger charge is -1.99. The van der Waals surface area contributed by atoms with Crippen molar-refractivity contribution >= 4 is 10.8 Å². The van der Waals surface area contributed by atoms with Crippen LogP contribution in [-0.4, -0.2) is 0 Å². The minimum atomic E-state index is 0.686. The molecule has 0 amide bonds. The van der Waals surface area contributed by atoms with Gasteiger partial charge in [0.05, 0.1) is 11.6 Å². The van der Waals surface area contributed by atoms with Gasteiger partial charge >= 0.3 is 0 Å². The molecule has 3 rings (SSSR count). The second-order valence-electron chi connectivity index (χ2n) is 4.85. The average Bonchev–Trinajstić information content (AvgIpc) is 2.55. The van der Waals surface area contributed by atoms with Crippen LogP contribution in [0.25, 0.3) is 10.8 Å². The van der Waals surface area contributed by atoms with E-state index in [0.717, 1.165) is 22.8 Å². The van der Waals surface area contributed by atoms with Crippen LogP contribution < -0.4 is 0 Å². The molecule has 1 heteroatoms. The van der Waals surface area contributed by atoms with E-state index in [1.54, 1.807) is 0 Å². The molecule has 0 atom stereocenters. The van der Waals surface area contributed by atoms with Gasteiger partial charge in [-0.1, -0.05) is 54.3 Å². The van der Waals surface area contributed by atoms with E-state index in [2.05, 4.69) is 36.1 Å². The molecule has 0 saturated heterocycles. The maximum atomic E-state index is 8.90. The first kappa shape index (κ1) is 13.0. The van der Waals surface area contributed by atoms with E-state index in [4.69, 9.17) is 5.26 Å². The molecule has 98 valence electrons. The SMILES string of the molecule is N#Cc1ccc2cc(C#CCc3ccccc3)ccc2c1. The molecule has 0 fully saturated rings. The lowest BCUT2D eigenvalue weighted by Crippen LogP contribution is -1.81. The number of hydrogen-bond donors (Lipinski definition) is 0. The van der Waals surface area contributed by atoms with Gasteiger partial charge in [0.25, 0.3) is 0 Å². The molecule has 0 bridgehead atoms. The van der Waals surface area contributed by atoms with Crippen LogP contribution in [0.4, 0.5) is 0 Å². The normalized spacial score (nSPS) is 9.67. The summed E-state index contributed by atoms with van der Waals surface area (Å²) in [4.78, 5) is 0. The quantitative estimate of drug-likeness (QED) is 0.603. The second kappa shape index (κ2) is 5.95. The smallest absolute Gasteiger partial charge is 0.0991 e. The van der Waals surface area contributed by atoms with E-state index >= 15 is 0 Å². The third kappa shape index (κ3) is 3.11. The maximum Gasteiger partial charge on any atom is 0.0991 e.